The summed E-state index contributed by atoms with van der Waals surface area (Å²) < 4.78 is 10.9. The van der Waals surface area contributed by atoms with Gasteiger partial charge >= 0.3 is 11.9 Å². The second-order valence-electron chi connectivity index (χ2n) is 6.85. The number of aryl methyl sites for hydroxylation is 2. The Hall–Kier alpha value is -3.93. The van der Waals surface area contributed by atoms with Gasteiger partial charge in [-0.1, -0.05) is 35.4 Å². The third-order valence-electron chi connectivity index (χ3n) is 4.24. The first-order chi connectivity index (χ1) is 14.3. The first-order valence-corrected chi connectivity index (χ1v) is 9.31. The maximum absolute atomic E-state index is 12.6. The number of amides is 1. The molecule has 0 radical (unpaired) electrons. The number of ether oxygens (including phenoxy) is 2. The van der Waals surface area contributed by atoms with Crippen molar-refractivity contribution in [2.24, 2.45) is 0 Å². The lowest BCUT2D eigenvalue weighted by Gasteiger charge is -2.13. The van der Waals surface area contributed by atoms with Gasteiger partial charge in [-0.2, -0.15) is 0 Å². The largest absolute Gasteiger partial charge is 0.419 e. The number of carbonyl (C=O) groups is 3. The van der Waals surface area contributed by atoms with E-state index in [1.807, 2.05) is 13.8 Å². The molecule has 30 heavy (non-hydrogen) atoms. The van der Waals surface area contributed by atoms with Crippen LogP contribution in [0.2, 0.25) is 0 Å². The number of hydrogen-bond donors (Lipinski definition) is 1. The fourth-order valence-electron chi connectivity index (χ4n) is 2.65. The van der Waals surface area contributed by atoms with Gasteiger partial charge in [0.1, 0.15) is 0 Å². The lowest BCUT2D eigenvalue weighted by molar-refractivity contribution is -0.114. The third kappa shape index (κ3) is 5.32. The molecule has 0 aliphatic rings. The molecule has 152 valence electrons. The van der Waals surface area contributed by atoms with E-state index in [0.717, 1.165) is 11.1 Å². The second kappa shape index (κ2) is 9.05. The molecule has 3 aromatic carbocycles. The number of anilines is 1. The molecule has 0 saturated carbocycles. The lowest BCUT2D eigenvalue weighted by Crippen LogP contribution is -2.13. The quantitative estimate of drug-likeness (QED) is 0.493. The van der Waals surface area contributed by atoms with Crippen molar-refractivity contribution in [3.63, 3.8) is 0 Å². The summed E-state index contributed by atoms with van der Waals surface area (Å²) in [7, 11) is 0. The summed E-state index contributed by atoms with van der Waals surface area (Å²) in [6.07, 6.45) is 0. The Morgan fingerprint density at radius 2 is 1.13 bits per heavy atom. The van der Waals surface area contributed by atoms with E-state index in [9.17, 15) is 14.4 Å². The number of hydrogen-bond acceptors (Lipinski definition) is 5. The van der Waals surface area contributed by atoms with Crippen molar-refractivity contribution >= 4 is 23.5 Å². The summed E-state index contributed by atoms with van der Waals surface area (Å²) in [4.78, 5) is 36.4. The van der Waals surface area contributed by atoms with Gasteiger partial charge in [0, 0.05) is 18.7 Å². The van der Waals surface area contributed by atoms with Crippen LogP contribution in [0, 0.1) is 13.8 Å². The highest BCUT2D eigenvalue weighted by Crippen LogP contribution is 2.32. The van der Waals surface area contributed by atoms with E-state index < -0.39 is 11.9 Å². The van der Waals surface area contributed by atoms with Crippen molar-refractivity contribution in [3.8, 4) is 11.5 Å². The highest BCUT2D eigenvalue weighted by atomic mass is 16.6. The van der Waals surface area contributed by atoms with Gasteiger partial charge in [0.2, 0.25) is 5.91 Å². The van der Waals surface area contributed by atoms with Crippen LogP contribution in [0.1, 0.15) is 38.8 Å². The Morgan fingerprint density at radius 1 is 0.667 bits per heavy atom. The van der Waals surface area contributed by atoms with Gasteiger partial charge in [-0.15, -0.1) is 0 Å². The molecule has 3 aromatic rings. The fraction of sp³-hybridized carbons (Fsp3) is 0.125. The summed E-state index contributed by atoms with van der Waals surface area (Å²) in [5, 5.41) is 2.61. The average molecular weight is 403 g/mol. The molecule has 0 bridgehead atoms. The van der Waals surface area contributed by atoms with Gasteiger partial charge in [-0.05, 0) is 50.2 Å². The Bertz CT molecular complexity index is 1090. The summed E-state index contributed by atoms with van der Waals surface area (Å²) >= 11 is 0. The molecule has 6 nitrogen and oxygen atoms in total. The van der Waals surface area contributed by atoms with E-state index in [-0.39, 0.29) is 17.4 Å². The summed E-state index contributed by atoms with van der Waals surface area (Å²) in [6, 6.07) is 18.3. The van der Waals surface area contributed by atoms with Crippen molar-refractivity contribution < 1.29 is 23.9 Å². The van der Waals surface area contributed by atoms with E-state index in [2.05, 4.69) is 5.32 Å². The van der Waals surface area contributed by atoms with Crippen molar-refractivity contribution in [3.05, 3.63) is 89.0 Å². The lowest BCUT2D eigenvalue weighted by atomic mass is 10.1. The smallest absolute Gasteiger partial charge is 0.343 e. The van der Waals surface area contributed by atoms with Crippen LogP contribution in [-0.4, -0.2) is 17.8 Å². The van der Waals surface area contributed by atoms with Crippen LogP contribution in [0.4, 0.5) is 5.69 Å². The number of esters is 2. The summed E-state index contributed by atoms with van der Waals surface area (Å²) in [5.41, 5.74) is 3.14. The number of rotatable bonds is 5. The molecule has 0 aliphatic carbocycles. The normalized spacial score (nSPS) is 10.2. The Labute approximate surface area is 174 Å². The number of carbonyl (C=O) groups excluding carboxylic acids is 3. The van der Waals surface area contributed by atoms with E-state index in [1.54, 1.807) is 54.6 Å². The zero-order chi connectivity index (χ0) is 21.7. The molecule has 0 spiro atoms. The first kappa shape index (κ1) is 20.8. The monoisotopic (exact) mass is 403 g/mol. The van der Waals surface area contributed by atoms with E-state index in [1.165, 1.54) is 19.1 Å². The van der Waals surface area contributed by atoms with E-state index >= 15 is 0 Å². The molecule has 1 N–H and O–H groups in total. The Kier molecular flexibility index (Phi) is 6.27. The fourth-order valence-corrected chi connectivity index (χ4v) is 2.65. The van der Waals surface area contributed by atoms with Gasteiger partial charge in [-0.3, -0.25) is 4.79 Å². The zero-order valence-electron chi connectivity index (χ0n) is 16.9. The van der Waals surface area contributed by atoms with Gasteiger partial charge in [0.15, 0.2) is 11.5 Å². The average Bonchev–Trinajstić information content (AvgIpc) is 2.70. The molecule has 0 unspecified atom stereocenters. The summed E-state index contributed by atoms with van der Waals surface area (Å²) in [6.45, 7) is 5.19. The molecule has 0 heterocycles. The highest BCUT2D eigenvalue weighted by molar-refractivity contribution is 5.94. The second-order valence-corrected chi connectivity index (χ2v) is 6.85. The first-order valence-electron chi connectivity index (χ1n) is 9.31. The van der Waals surface area contributed by atoms with Crippen molar-refractivity contribution in [2.75, 3.05) is 5.32 Å². The van der Waals surface area contributed by atoms with Gasteiger partial charge in [-0.25, -0.2) is 9.59 Å². The topological polar surface area (TPSA) is 81.7 Å². The van der Waals surface area contributed by atoms with E-state index in [0.29, 0.717) is 16.8 Å². The van der Waals surface area contributed by atoms with Crippen LogP contribution in [-0.2, 0) is 4.79 Å². The minimum absolute atomic E-state index is 0.0206. The minimum atomic E-state index is -0.609. The molecular weight excluding hydrogens is 382 g/mol. The van der Waals surface area contributed by atoms with Crippen molar-refractivity contribution in [2.45, 2.75) is 20.8 Å². The van der Waals surface area contributed by atoms with Crippen LogP contribution >= 0.6 is 0 Å². The predicted octanol–water partition coefficient (Wildman–Crippen LogP) is 4.70. The van der Waals surface area contributed by atoms with Crippen LogP contribution < -0.4 is 14.8 Å². The molecule has 6 heteroatoms. The molecule has 0 aliphatic heterocycles. The molecule has 0 atom stereocenters. The Morgan fingerprint density at radius 3 is 1.60 bits per heavy atom. The SMILES string of the molecule is CC(=O)Nc1ccc(OC(=O)c2ccc(C)cc2)c(OC(=O)c2ccc(C)cc2)c1. The maximum atomic E-state index is 12.6. The zero-order valence-corrected chi connectivity index (χ0v) is 16.9. The molecule has 0 fully saturated rings. The molecule has 0 saturated heterocycles. The number of benzene rings is 3. The van der Waals surface area contributed by atoms with Gasteiger partial charge in [0.25, 0.3) is 0 Å². The van der Waals surface area contributed by atoms with Crippen LogP contribution in [0.3, 0.4) is 0 Å². The molecule has 3 rings (SSSR count). The van der Waals surface area contributed by atoms with Gasteiger partial charge < -0.3 is 14.8 Å². The molecule has 0 aromatic heterocycles. The van der Waals surface area contributed by atoms with Crippen LogP contribution in [0.5, 0.6) is 11.5 Å². The Balaban J connectivity index is 1.88. The summed E-state index contributed by atoms with van der Waals surface area (Å²) in [5.74, 6) is -1.39. The maximum Gasteiger partial charge on any atom is 0.343 e. The van der Waals surface area contributed by atoms with E-state index in [4.69, 9.17) is 9.47 Å². The van der Waals surface area contributed by atoms with Crippen molar-refractivity contribution in [1.29, 1.82) is 0 Å². The minimum Gasteiger partial charge on any atom is -0.419 e. The molecule has 1 amide bonds. The van der Waals surface area contributed by atoms with Crippen LogP contribution in [0.25, 0.3) is 0 Å². The van der Waals surface area contributed by atoms with Gasteiger partial charge in [0.05, 0.1) is 11.1 Å². The standard InChI is InChI=1S/C24H21NO5/c1-15-4-8-18(9-5-15)23(27)29-21-13-12-20(25-17(3)26)14-22(21)30-24(28)19-10-6-16(2)7-11-19/h4-14H,1-3H3,(H,25,26). The van der Waals surface area contributed by atoms with Crippen molar-refractivity contribution in [1.82, 2.24) is 0 Å². The highest BCUT2D eigenvalue weighted by Gasteiger charge is 2.17. The molecular formula is C24H21NO5. The third-order valence-corrected chi connectivity index (χ3v) is 4.24. The number of nitrogens with one attached hydrogen (secondary N) is 1. The van der Waals surface area contributed by atoms with Crippen LogP contribution in [0.15, 0.2) is 66.7 Å². The predicted molar refractivity (Wildman–Crippen MR) is 113 cm³/mol.